The summed E-state index contributed by atoms with van der Waals surface area (Å²) in [6.45, 7) is 0. The average Bonchev–Trinajstić information content (AvgIpc) is 2.84. The molecule has 0 aliphatic rings. The molecule has 0 aliphatic carbocycles. The number of aromatic carboxylic acids is 1. The minimum absolute atomic E-state index is 0.0921. The third kappa shape index (κ3) is 1.94. The van der Waals surface area contributed by atoms with Crippen LogP contribution < -0.4 is 0 Å². The van der Waals surface area contributed by atoms with Crippen LogP contribution in [0.5, 0.6) is 0 Å². The highest BCUT2D eigenvalue weighted by Crippen LogP contribution is 2.23. The number of fused-ring (bicyclic) bond motifs is 1. The van der Waals surface area contributed by atoms with Crippen LogP contribution in [-0.4, -0.2) is 25.7 Å². The first-order chi connectivity index (χ1) is 9.16. The second kappa shape index (κ2) is 4.37. The Hall–Kier alpha value is -2.40. The molecule has 0 aliphatic heterocycles. The second-order valence-corrected chi connectivity index (χ2v) is 4.37. The number of benzene rings is 1. The van der Waals surface area contributed by atoms with Gasteiger partial charge in [-0.05, 0) is 6.07 Å². The quantitative estimate of drug-likeness (QED) is 0.779. The fourth-order valence-electron chi connectivity index (χ4n) is 1.85. The number of pyridine rings is 1. The third-order valence-corrected chi connectivity index (χ3v) is 3.02. The normalized spacial score (nSPS) is 10.8. The zero-order valence-corrected chi connectivity index (χ0v) is 10.4. The van der Waals surface area contributed by atoms with Crippen molar-refractivity contribution in [2.75, 3.05) is 0 Å². The molecule has 0 fully saturated rings. The zero-order chi connectivity index (χ0) is 13.4. The molecule has 3 aromatic rings. The molecule has 0 bridgehead atoms. The van der Waals surface area contributed by atoms with Gasteiger partial charge < -0.3 is 5.11 Å². The molecule has 5 nitrogen and oxygen atoms in total. The van der Waals surface area contributed by atoms with Crippen LogP contribution in [0.4, 0.5) is 0 Å². The summed E-state index contributed by atoms with van der Waals surface area (Å²) in [7, 11) is 0. The largest absolute Gasteiger partial charge is 0.478 e. The Kier molecular flexibility index (Phi) is 2.68. The van der Waals surface area contributed by atoms with Crippen molar-refractivity contribution in [2.24, 2.45) is 0 Å². The lowest BCUT2D eigenvalue weighted by atomic mass is 10.2. The number of hydrogen-bond acceptors (Lipinski definition) is 3. The molecule has 0 atom stereocenters. The predicted molar refractivity (Wildman–Crippen MR) is 70.4 cm³/mol. The van der Waals surface area contributed by atoms with E-state index in [4.69, 9.17) is 16.7 Å². The molecule has 94 valence electrons. The second-order valence-electron chi connectivity index (χ2n) is 3.97. The summed E-state index contributed by atoms with van der Waals surface area (Å²) >= 11 is 6.02. The highest BCUT2D eigenvalue weighted by molar-refractivity contribution is 6.33. The smallest absolute Gasteiger partial charge is 0.337 e. The van der Waals surface area contributed by atoms with Gasteiger partial charge in [-0.1, -0.05) is 41.9 Å². The van der Waals surface area contributed by atoms with E-state index in [9.17, 15) is 4.79 Å². The number of aromatic nitrogens is 3. The Balaban J connectivity index is 2.30. The summed E-state index contributed by atoms with van der Waals surface area (Å²) in [5.41, 5.74) is 1.37. The maximum absolute atomic E-state index is 11.1. The Labute approximate surface area is 113 Å². The van der Waals surface area contributed by atoms with Gasteiger partial charge in [-0.3, -0.25) is 4.40 Å². The molecular formula is C13H8ClN3O2. The van der Waals surface area contributed by atoms with E-state index in [1.165, 1.54) is 12.3 Å². The fourth-order valence-corrected chi connectivity index (χ4v) is 2.10. The number of carbonyl (C=O) groups is 1. The molecule has 0 unspecified atom stereocenters. The highest BCUT2D eigenvalue weighted by Gasteiger charge is 2.14. The number of rotatable bonds is 2. The Morgan fingerprint density at radius 1 is 1.21 bits per heavy atom. The summed E-state index contributed by atoms with van der Waals surface area (Å²) in [5, 5.41) is 17.4. The van der Waals surface area contributed by atoms with Crippen LogP contribution >= 0.6 is 11.6 Å². The van der Waals surface area contributed by atoms with Crippen LogP contribution in [-0.2, 0) is 0 Å². The lowest BCUT2D eigenvalue weighted by molar-refractivity contribution is 0.0696. The Morgan fingerprint density at radius 2 is 1.95 bits per heavy atom. The fraction of sp³-hybridized carbons (Fsp3) is 0. The minimum Gasteiger partial charge on any atom is -0.478 e. The van der Waals surface area contributed by atoms with Gasteiger partial charge in [0.15, 0.2) is 11.5 Å². The average molecular weight is 274 g/mol. The van der Waals surface area contributed by atoms with Crippen molar-refractivity contribution in [3.05, 3.63) is 53.2 Å². The van der Waals surface area contributed by atoms with Gasteiger partial charge >= 0.3 is 5.97 Å². The van der Waals surface area contributed by atoms with E-state index in [1.54, 1.807) is 4.40 Å². The van der Waals surface area contributed by atoms with Crippen molar-refractivity contribution < 1.29 is 9.90 Å². The topological polar surface area (TPSA) is 67.5 Å². The van der Waals surface area contributed by atoms with Crippen LogP contribution in [0.1, 0.15) is 10.4 Å². The van der Waals surface area contributed by atoms with Gasteiger partial charge in [-0.15, -0.1) is 10.2 Å². The molecule has 1 aromatic carbocycles. The van der Waals surface area contributed by atoms with Gasteiger partial charge in [0, 0.05) is 11.8 Å². The molecule has 2 aromatic heterocycles. The maximum Gasteiger partial charge on any atom is 0.337 e. The SMILES string of the molecule is O=C(O)c1cc(Cl)c2nnc(-c3ccccc3)n2c1. The molecule has 2 heterocycles. The highest BCUT2D eigenvalue weighted by atomic mass is 35.5. The summed E-state index contributed by atoms with van der Waals surface area (Å²) in [5.74, 6) is -0.489. The van der Waals surface area contributed by atoms with E-state index < -0.39 is 5.97 Å². The molecular weight excluding hydrogens is 266 g/mol. The van der Waals surface area contributed by atoms with Gasteiger partial charge in [0.2, 0.25) is 0 Å². The summed E-state index contributed by atoms with van der Waals surface area (Å²) in [4.78, 5) is 11.1. The van der Waals surface area contributed by atoms with E-state index in [2.05, 4.69) is 10.2 Å². The van der Waals surface area contributed by atoms with Crippen molar-refractivity contribution in [1.29, 1.82) is 0 Å². The molecule has 0 radical (unpaired) electrons. The molecule has 1 N–H and O–H groups in total. The monoisotopic (exact) mass is 273 g/mol. The van der Waals surface area contributed by atoms with Gasteiger partial charge in [-0.2, -0.15) is 0 Å². The van der Waals surface area contributed by atoms with Crippen molar-refractivity contribution in [1.82, 2.24) is 14.6 Å². The Morgan fingerprint density at radius 3 is 2.63 bits per heavy atom. The van der Waals surface area contributed by atoms with Gasteiger partial charge in [-0.25, -0.2) is 4.79 Å². The van der Waals surface area contributed by atoms with Crippen molar-refractivity contribution in [2.45, 2.75) is 0 Å². The third-order valence-electron chi connectivity index (χ3n) is 2.74. The van der Waals surface area contributed by atoms with E-state index in [0.717, 1.165) is 5.56 Å². The minimum atomic E-state index is -1.04. The van der Waals surface area contributed by atoms with E-state index >= 15 is 0 Å². The van der Waals surface area contributed by atoms with Crippen LogP contribution in [0.25, 0.3) is 17.0 Å². The van der Waals surface area contributed by atoms with E-state index in [1.807, 2.05) is 30.3 Å². The van der Waals surface area contributed by atoms with Crippen molar-refractivity contribution in [3.63, 3.8) is 0 Å². The van der Waals surface area contributed by atoms with Crippen LogP contribution in [0.2, 0.25) is 5.02 Å². The Bertz CT molecular complexity index is 768. The standard InChI is InChI=1S/C13H8ClN3O2/c14-10-6-9(13(18)19)7-17-11(15-16-12(10)17)8-4-2-1-3-5-8/h1-7H,(H,18,19). The van der Waals surface area contributed by atoms with E-state index in [0.29, 0.717) is 11.5 Å². The maximum atomic E-state index is 11.1. The lowest BCUT2D eigenvalue weighted by Crippen LogP contribution is -2.00. The molecule has 19 heavy (non-hydrogen) atoms. The number of hydrogen-bond donors (Lipinski definition) is 1. The van der Waals surface area contributed by atoms with Crippen molar-refractivity contribution in [3.8, 4) is 11.4 Å². The van der Waals surface area contributed by atoms with Crippen LogP contribution in [0.15, 0.2) is 42.6 Å². The molecule has 0 spiro atoms. The van der Waals surface area contributed by atoms with Gasteiger partial charge in [0.05, 0.1) is 10.6 Å². The molecule has 0 saturated carbocycles. The molecule has 0 saturated heterocycles. The number of carboxylic acids is 1. The summed E-state index contributed by atoms with van der Waals surface area (Å²) < 4.78 is 1.58. The first kappa shape index (κ1) is 11.7. The predicted octanol–water partition coefficient (Wildman–Crippen LogP) is 2.75. The number of halogens is 1. The molecule has 3 rings (SSSR count). The zero-order valence-electron chi connectivity index (χ0n) is 9.62. The van der Waals surface area contributed by atoms with Crippen LogP contribution in [0.3, 0.4) is 0 Å². The molecule has 6 heteroatoms. The van der Waals surface area contributed by atoms with Crippen LogP contribution in [0, 0.1) is 0 Å². The van der Waals surface area contributed by atoms with Gasteiger partial charge in [0.1, 0.15) is 0 Å². The summed E-state index contributed by atoms with van der Waals surface area (Å²) in [6, 6.07) is 10.7. The first-order valence-electron chi connectivity index (χ1n) is 5.50. The lowest BCUT2D eigenvalue weighted by Gasteiger charge is -2.02. The van der Waals surface area contributed by atoms with Crippen molar-refractivity contribution >= 4 is 23.2 Å². The number of carboxylic acid groups (broad SMARTS) is 1. The van der Waals surface area contributed by atoms with E-state index in [-0.39, 0.29) is 10.6 Å². The summed E-state index contributed by atoms with van der Waals surface area (Å²) in [6.07, 6.45) is 1.46. The number of nitrogens with zero attached hydrogens (tertiary/aromatic N) is 3. The first-order valence-corrected chi connectivity index (χ1v) is 5.87. The van der Waals surface area contributed by atoms with Gasteiger partial charge in [0.25, 0.3) is 0 Å². The molecule has 0 amide bonds.